The van der Waals surface area contributed by atoms with Crippen LogP contribution in [0.4, 0.5) is 0 Å². The fourth-order valence-electron chi connectivity index (χ4n) is 4.24. The molecule has 0 heterocycles. The standard InChI is InChI=1S/C21H26NO4P/c23-27(24-20-10-3-1-4-11-20,25-21-12-5-2-6-13-21)26-22-19-15-17-8-7-9-18(14-17)16-19/h1-6,10-13,17-19,22H,7-9,14-16H2. The second-order valence-corrected chi connectivity index (χ2v) is 8.97. The van der Waals surface area contributed by atoms with E-state index >= 15 is 0 Å². The maximum atomic E-state index is 13.3. The molecule has 4 rings (SSSR count). The van der Waals surface area contributed by atoms with Gasteiger partial charge in [-0.05, 0) is 55.4 Å². The molecule has 2 atom stereocenters. The van der Waals surface area contributed by atoms with E-state index in [1.54, 1.807) is 24.3 Å². The molecule has 2 unspecified atom stereocenters. The van der Waals surface area contributed by atoms with E-state index in [4.69, 9.17) is 13.7 Å². The number of phosphoric ester groups is 1. The Hall–Kier alpha value is -1.81. The Morgan fingerprint density at radius 2 is 1.30 bits per heavy atom. The first-order valence-corrected chi connectivity index (χ1v) is 11.2. The first kappa shape index (κ1) is 18.5. The fourth-order valence-corrected chi connectivity index (χ4v) is 5.39. The summed E-state index contributed by atoms with van der Waals surface area (Å²) < 4.78 is 30.2. The Labute approximate surface area is 160 Å². The molecule has 2 saturated carbocycles. The topological polar surface area (TPSA) is 56.8 Å². The quantitative estimate of drug-likeness (QED) is 0.485. The van der Waals surface area contributed by atoms with Gasteiger partial charge in [-0.15, -0.1) is 0 Å². The number of para-hydroxylation sites is 2. The third-order valence-corrected chi connectivity index (χ3v) is 6.58. The van der Waals surface area contributed by atoms with Crippen LogP contribution in [-0.2, 0) is 9.19 Å². The van der Waals surface area contributed by atoms with Crippen LogP contribution in [0.2, 0.25) is 0 Å². The molecule has 0 saturated heterocycles. The molecule has 0 radical (unpaired) electrons. The molecular weight excluding hydrogens is 361 g/mol. The van der Waals surface area contributed by atoms with Crippen LogP contribution in [0.5, 0.6) is 11.5 Å². The Morgan fingerprint density at radius 3 is 1.81 bits per heavy atom. The lowest BCUT2D eigenvalue weighted by Crippen LogP contribution is -2.39. The second-order valence-electron chi connectivity index (χ2n) is 7.53. The number of nitrogens with one attached hydrogen (secondary N) is 1. The van der Waals surface area contributed by atoms with Crippen molar-refractivity contribution < 1.29 is 18.2 Å². The van der Waals surface area contributed by atoms with E-state index < -0.39 is 7.82 Å². The molecule has 6 heteroatoms. The molecule has 5 nitrogen and oxygen atoms in total. The monoisotopic (exact) mass is 387 g/mol. The third-order valence-electron chi connectivity index (χ3n) is 5.38. The summed E-state index contributed by atoms with van der Waals surface area (Å²) in [4.78, 5) is 0. The van der Waals surface area contributed by atoms with Gasteiger partial charge < -0.3 is 9.05 Å². The van der Waals surface area contributed by atoms with Crippen molar-refractivity contribution in [1.29, 1.82) is 0 Å². The summed E-state index contributed by atoms with van der Waals surface area (Å²) in [7, 11) is -3.87. The number of hydrogen-bond acceptors (Lipinski definition) is 5. The van der Waals surface area contributed by atoms with E-state index in [2.05, 4.69) is 5.48 Å². The van der Waals surface area contributed by atoms with E-state index in [1.807, 2.05) is 36.4 Å². The van der Waals surface area contributed by atoms with Gasteiger partial charge in [-0.1, -0.05) is 55.7 Å². The predicted octanol–water partition coefficient (Wildman–Crippen LogP) is 5.74. The number of rotatable bonds is 7. The van der Waals surface area contributed by atoms with Gasteiger partial charge in [-0.2, -0.15) is 10.1 Å². The molecule has 0 amide bonds. The van der Waals surface area contributed by atoms with Crippen LogP contribution in [0.3, 0.4) is 0 Å². The minimum absolute atomic E-state index is 0.182. The number of phosphoric acid groups is 1. The van der Waals surface area contributed by atoms with Gasteiger partial charge in [0.1, 0.15) is 11.5 Å². The molecular formula is C21H26NO4P. The van der Waals surface area contributed by atoms with Crippen LogP contribution >= 0.6 is 7.82 Å². The number of fused-ring (bicyclic) bond motifs is 2. The van der Waals surface area contributed by atoms with Gasteiger partial charge in [-0.25, -0.2) is 4.57 Å². The molecule has 2 aliphatic carbocycles. The lowest BCUT2D eigenvalue weighted by atomic mass is 9.70. The SMILES string of the molecule is O=P(ONC1CC2CCCC(C2)C1)(Oc1ccccc1)Oc1ccccc1. The summed E-state index contributed by atoms with van der Waals surface area (Å²) in [5.74, 6) is 2.37. The van der Waals surface area contributed by atoms with Crippen LogP contribution < -0.4 is 14.5 Å². The van der Waals surface area contributed by atoms with Crippen LogP contribution in [0, 0.1) is 11.8 Å². The second kappa shape index (κ2) is 8.47. The van der Waals surface area contributed by atoms with E-state index in [-0.39, 0.29) is 6.04 Å². The van der Waals surface area contributed by atoms with Crippen molar-refractivity contribution in [3.05, 3.63) is 60.7 Å². The summed E-state index contributed by atoms with van der Waals surface area (Å²) in [5, 5.41) is 0. The van der Waals surface area contributed by atoms with Crippen molar-refractivity contribution in [2.45, 2.75) is 44.6 Å². The Kier molecular flexibility index (Phi) is 5.82. The highest BCUT2D eigenvalue weighted by atomic mass is 31.2. The molecule has 0 aliphatic heterocycles. The minimum atomic E-state index is -3.87. The van der Waals surface area contributed by atoms with Gasteiger partial charge in [-0.3, -0.25) is 0 Å². The van der Waals surface area contributed by atoms with E-state index in [9.17, 15) is 4.57 Å². The molecule has 0 aromatic heterocycles. The molecule has 2 aromatic carbocycles. The largest absolute Gasteiger partial charge is 0.604 e. The Balaban J connectivity index is 1.45. The Morgan fingerprint density at radius 1 is 0.778 bits per heavy atom. The average Bonchev–Trinajstić information content (AvgIpc) is 2.68. The zero-order chi connectivity index (χ0) is 18.5. The van der Waals surface area contributed by atoms with Gasteiger partial charge in [0.05, 0.1) is 0 Å². The smallest absolute Gasteiger partial charge is 0.394 e. The molecule has 2 aromatic rings. The third kappa shape index (κ3) is 5.13. The molecule has 144 valence electrons. The Bertz CT molecular complexity index is 713. The minimum Gasteiger partial charge on any atom is -0.394 e. The summed E-state index contributed by atoms with van der Waals surface area (Å²) in [6, 6.07) is 18.1. The van der Waals surface area contributed by atoms with Crippen molar-refractivity contribution in [1.82, 2.24) is 5.48 Å². The predicted molar refractivity (Wildman–Crippen MR) is 104 cm³/mol. The fraction of sp³-hybridized carbons (Fsp3) is 0.429. The van der Waals surface area contributed by atoms with Crippen molar-refractivity contribution in [3.8, 4) is 11.5 Å². The zero-order valence-corrected chi connectivity index (χ0v) is 16.2. The van der Waals surface area contributed by atoms with Gasteiger partial charge in [0, 0.05) is 6.04 Å². The van der Waals surface area contributed by atoms with Crippen molar-refractivity contribution in [2.75, 3.05) is 0 Å². The average molecular weight is 387 g/mol. The molecule has 0 spiro atoms. The van der Waals surface area contributed by atoms with E-state index in [0.29, 0.717) is 11.5 Å². The molecule has 27 heavy (non-hydrogen) atoms. The summed E-state index contributed by atoms with van der Waals surface area (Å²) in [6.07, 6.45) is 7.31. The molecule has 2 fully saturated rings. The van der Waals surface area contributed by atoms with Crippen LogP contribution in [0.25, 0.3) is 0 Å². The van der Waals surface area contributed by atoms with E-state index in [0.717, 1.165) is 24.7 Å². The summed E-state index contributed by atoms with van der Waals surface area (Å²) in [5.41, 5.74) is 3.02. The lowest BCUT2D eigenvalue weighted by Gasteiger charge is -2.39. The highest BCUT2D eigenvalue weighted by molar-refractivity contribution is 7.49. The first-order valence-electron chi connectivity index (χ1n) is 9.72. The summed E-state index contributed by atoms with van der Waals surface area (Å²) >= 11 is 0. The van der Waals surface area contributed by atoms with Crippen molar-refractivity contribution >= 4 is 7.82 Å². The van der Waals surface area contributed by atoms with Crippen LogP contribution in [-0.4, -0.2) is 6.04 Å². The van der Waals surface area contributed by atoms with Gasteiger partial charge in [0.15, 0.2) is 0 Å². The van der Waals surface area contributed by atoms with Crippen LogP contribution in [0.15, 0.2) is 60.7 Å². The van der Waals surface area contributed by atoms with Crippen molar-refractivity contribution in [3.63, 3.8) is 0 Å². The van der Waals surface area contributed by atoms with Crippen LogP contribution in [0.1, 0.15) is 38.5 Å². The van der Waals surface area contributed by atoms with Gasteiger partial charge in [0.2, 0.25) is 0 Å². The maximum Gasteiger partial charge on any atom is 0.604 e. The highest BCUT2D eigenvalue weighted by Gasteiger charge is 2.36. The van der Waals surface area contributed by atoms with Crippen molar-refractivity contribution in [2.24, 2.45) is 11.8 Å². The molecule has 1 N–H and O–H groups in total. The number of hydroxylamine groups is 1. The normalized spacial score (nSPS) is 25.0. The highest BCUT2D eigenvalue weighted by Crippen LogP contribution is 2.49. The number of benzene rings is 2. The lowest BCUT2D eigenvalue weighted by molar-refractivity contribution is 0.0546. The van der Waals surface area contributed by atoms with Gasteiger partial charge in [0.25, 0.3) is 0 Å². The first-order chi connectivity index (χ1) is 13.2. The maximum absolute atomic E-state index is 13.3. The van der Waals surface area contributed by atoms with E-state index in [1.165, 1.54) is 25.7 Å². The number of hydrogen-bond donors (Lipinski definition) is 1. The molecule has 2 aliphatic rings. The zero-order valence-electron chi connectivity index (χ0n) is 15.3. The van der Waals surface area contributed by atoms with Gasteiger partial charge >= 0.3 is 7.82 Å². The molecule has 2 bridgehead atoms. The summed E-state index contributed by atoms with van der Waals surface area (Å²) in [6.45, 7) is 0.